The van der Waals surface area contributed by atoms with Crippen LogP contribution in [0.25, 0.3) is 0 Å². The molecule has 2 N–H and O–H groups in total. The van der Waals surface area contributed by atoms with Crippen LogP contribution in [0.3, 0.4) is 0 Å². The lowest BCUT2D eigenvalue weighted by Crippen LogP contribution is -2.46. The Balaban J connectivity index is 2.87. The SMILES string of the molecule is COc1cc(C(C)C)ccc1CNC(C)(C)C(=O)O. The number of carboxylic acids is 1. The third-order valence-corrected chi connectivity index (χ3v) is 3.23. The van der Waals surface area contributed by atoms with Crippen molar-refractivity contribution in [2.45, 2.75) is 45.7 Å². The van der Waals surface area contributed by atoms with Crippen LogP contribution >= 0.6 is 0 Å². The number of carbonyl (C=O) groups is 1. The van der Waals surface area contributed by atoms with Crippen molar-refractivity contribution in [2.24, 2.45) is 0 Å². The fraction of sp³-hybridized carbons (Fsp3) is 0.533. The largest absolute Gasteiger partial charge is 0.496 e. The molecule has 1 rings (SSSR count). The van der Waals surface area contributed by atoms with Crippen molar-refractivity contribution < 1.29 is 14.6 Å². The summed E-state index contributed by atoms with van der Waals surface area (Å²) in [5, 5.41) is 12.1. The zero-order valence-corrected chi connectivity index (χ0v) is 12.3. The molecule has 0 aromatic heterocycles. The molecule has 0 saturated heterocycles. The van der Waals surface area contributed by atoms with Crippen molar-refractivity contribution in [1.82, 2.24) is 5.32 Å². The number of hydrogen-bond acceptors (Lipinski definition) is 3. The first-order valence-electron chi connectivity index (χ1n) is 6.43. The van der Waals surface area contributed by atoms with Crippen LogP contribution < -0.4 is 10.1 Å². The van der Waals surface area contributed by atoms with Gasteiger partial charge in [-0.05, 0) is 31.4 Å². The number of ether oxygens (including phenoxy) is 1. The molecule has 0 aliphatic heterocycles. The second-order valence-electron chi connectivity index (χ2n) is 5.51. The Morgan fingerprint density at radius 3 is 2.53 bits per heavy atom. The third kappa shape index (κ3) is 3.96. The van der Waals surface area contributed by atoms with E-state index in [0.717, 1.165) is 11.3 Å². The number of carboxylic acid groups (broad SMARTS) is 1. The number of nitrogens with one attached hydrogen (secondary N) is 1. The molecule has 4 nitrogen and oxygen atoms in total. The van der Waals surface area contributed by atoms with Crippen LogP contribution in [0.15, 0.2) is 18.2 Å². The van der Waals surface area contributed by atoms with Crippen LogP contribution in [0.5, 0.6) is 5.75 Å². The van der Waals surface area contributed by atoms with Crippen molar-refractivity contribution >= 4 is 5.97 Å². The van der Waals surface area contributed by atoms with Gasteiger partial charge in [0.25, 0.3) is 0 Å². The number of hydrogen-bond donors (Lipinski definition) is 2. The van der Waals surface area contributed by atoms with Gasteiger partial charge in [-0.1, -0.05) is 26.0 Å². The minimum Gasteiger partial charge on any atom is -0.496 e. The zero-order valence-electron chi connectivity index (χ0n) is 12.3. The molecule has 0 aliphatic rings. The summed E-state index contributed by atoms with van der Waals surface area (Å²) in [6, 6.07) is 6.05. The van der Waals surface area contributed by atoms with Crippen molar-refractivity contribution in [3.05, 3.63) is 29.3 Å². The molecule has 0 saturated carbocycles. The minimum atomic E-state index is -0.957. The van der Waals surface area contributed by atoms with Crippen LogP contribution in [0.4, 0.5) is 0 Å². The van der Waals surface area contributed by atoms with Crippen LogP contribution in [-0.2, 0) is 11.3 Å². The van der Waals surface area contributed by atoms with Gasteiger partial charge >= 0.3 is 5.97 Å². The first-order valence-corrected chi connectivity index (χ1v) is 6.43. The molecule has 0 unspecified atom stereocenters. The smallest absolute Gasteiger partial charge is 0.323 e. The van der Waals surface area contributed by atoms with E-state index in [1.54, 1.807) is 21.0 Å². The molecule has 0 fully saturated rings. The molecule has 4 heteroatoms. The summed E-state index contributed by atoms with van der Waals surface area (Å²) in [7, 11) is 1.63. The maximum absolute atomic E-state index is 11.0. The van der Waals surface area contributed by atoms with Gasteiger partial charge in [-0.2, -0.15) is 0 Å². The quantitative estimate of drug-likeness (QED) is 0.830. The lowest BCUT2D eigenvalue weighted by atomic mass is 10.00. The highest BCUT2D eigenvalue weighted by Gasteiger charge is 2.26. The van der Waals surface area contributed by atoms with E-state index in [1.165, 1.54) is 5.56 Å². The molecule has 0 aliphatic carbocycles. The molecule has 1 aromatic carbocycles. The highest BCUT2D eigenvalue weighted by molar-refractivity contribution is 5.77. The van der Waals surface area contributed by atoms with E-state index < -0.39 is 11.5 Å². The Kier molecular flexibility index (Phi) is 4.95. The average Bonchev–Trinajstić information content (AvgIpc) is 2.35. The lowest BCUT2D eigenvalue weighted by Gasteiger charge is -2.22. The van der Waals surface area contributed by atoms with Crippen LogP contribution in [0, 0.1) is 0 Å². The van der Waals surface area contributed by atoms with Crippen LogP contribution in [-0.4, -0.2) is 23.7 Å². The predicted octanol–water partition coefficient (Wildman–Crippen LogP) is 2.77. The topological polar surface area (TPSA) is 58.6 Å². The summed E-state index contributed by atoms with van der Waals surface area (Å²) in [6.07, 6.45) is 0. The molecule has 0 amide bonds. The number of aliphatic carboxylic acids is 1. The summed E-state index contributed by atoms with van der Waals surface area (Å²) in [5.41, 5.74) is 1.21. The minimum absolute atomic E-state index is 0.436. The normalized spacial score (nSPS) is 11.7. The van der Waals surface area contributed by atoms with Gasteiger partial charge in [-0.3, -0.25) is 10.1 Å². The molecule has 106 valence electrons. The van der Waals surface area contributed by atoms with E-state index in [9.17, 15) is 4.79 Å². The molecule has 0 spiro atoms. The van der Waals surface area contributed by atoms with Gasteiger partial charge in [0, 0.05) is 12.1 Å². The summed E-state index contributed by atoms with van der Waals surface area (Å²) >= 11 is 0. The predicted molar refractivity (Wildman–Crippen MR) is 75.6 cm³/mol. The molecule has 0 heterocycles. The molecule has 1 aromatic rings. The monoisotopic (exact) mass is 265 g/mol. The molecule has 19 heavy (non-hydrogen) atoms. The van der Waals surface area contributed by atoms with Crippen LogP contribution in [0.2, 0.25) is 0 Å². The van der Waals surface area contributed by atoms with Gasteiger partial charge in [-0.15, -0.1) is 0 Å². The number of rotatable bonds is 6. The Labute approximate surface area is 114 Å². The standard InChI is InChI=1S/C15H23NO3/c1-10(2)11-6-7-12(13(8-11)19-5)9-16-15(3,4)14(17)18/h6-8,10,16H,9H2,1-5H3,(H,17,18). The van der Waals surface area contributed by atoms with Gasteiger partial charge in [0.2, 0.25) is 0 Å². The molecule has 0 radical (unpaired) electrons. The second kappa shape index (κ2) is 6.06. The van der Waals surface area contributed by atoms with E-state index in [4.69, 9.17) is 9.84 Å². The van der Waals surface area contributed by atoms with Gasteiger partial charge < -0.3 is 9.84 Å². The highest BCUT2D eigenvalue weighted by Crippen LogP contribution is 2.25. The Morgan fingerprint density at radius 2 is 2.05 bits per heavy atom. The summed E-state index contributed by atoms with van der Waals surface area (Å²) in [4.78, 5) is 11.0. The van der Waals surface area contributed by atoms with E-state index >= 15 is 0 Å². The van der Waals surface area contributed by atoms with Crippen molar-refractivity contribution in [3.8, 4) is 5.75 Å². The van der Waals surface area contributed by atoms with Crippen LogP contribution in [0.1, 0.15) is 44.7 Å². The summed E-state index contributed by atoms with van der Waals surface area (Å²) in [5.74, 6) is 0.358. The van der Waals surface area contributed by atoms with E-state index in [0.29, 0.717) is 12.5 Å². The van der Waals surface area contributed by atoms with E-state index in [-0.39, 0.29) is 0 Å². The van der Waals surface area contributed by atoms with Gasteiger partial charge in [0.15, 0.2) is 0 Å². The second-order valence-corrected chi connectivity index (χ2v) is 5.51. The highest BCUT2D eigenvalue weighted by atomic mass is 16.5. The Morgan fingerprint density at radius 1 is 1.42 bits per heavy atom. The van der Waals surface area contributed by atoms with Gasteiger partial charge in [0.05, 0.1) is 7.11 Å². The number of benzene rings is 1. The molecular formula is C15H23NO3. The third-order valence-electron chi connectivity index (χ3n) is 3.23. The molecule has 0 bridgehead atoms. The Bertz CT molecular complexity index is 453. The van der Waals surface area contributed by atoms with Crippen molar-refractivity contribution in [1.29, 1.82) is 0 Å². The lowest BCUT2D eigenvalue weighted by molar-refractivity contribution is -0.143. The maximum Gasteiger partial charge on any atom is 0.323 e. The summed E-state index contributed by atoms with van der Waals surface area (Å²) < 4.78 is 5.37. The van der Waals surface area contributed by atoms with Crippen molar-refractivity contribution in [3.63, 3.8) is 0 Å². The van der Waals surface area contributed by atoms with Gasteiger partial charge in [-0.25, -0.2) is 0 Å². The fourth-order valence-electron chi connectivity index (χ4n) is 1.66. The number of methoxy groups -OCH3 is 1. The van der Waals surface area contributed by atoms with E-state index in [2.05, 4.69) is 25.2 Å². The zero-order chi connectivity index (χ0) is 14.6. The first-order chi connectivity index (χ1) is 8.77. The first kappa shape index (κ1) is 15.5. The fourth-order valence-corrected chi connectivity index (χ4v) is 1.66. The van der Waals surface area contributed by atoms with Crippen molar-refractivity contribution in [2.75, 3.05) is 7.11 Å². The average molecular weight is 265 g/mol. The maximum atomic E-state index is 11.0. The van der Waals surface area contributed by atoms with E-state index in [1.807, 2.05) is 12.1 Å². The van der Waals surface area contributed by atoms with Gasteiger partial charge in [0.1, 0.15) is 11.3 Å². The summed E-state index contributed by atoms with van der Waals surface area (Å²) in [6.45, 7) is 8.00. The Hall–Kier alpha value is -1.55. The molecular weight excluding hydrogens is 242 g/mol. The molecule has 0 atom stereocenters.